The molecule has 0 amide bonds. The van der Waals surface area contributed by atoms with E-state index in [0.717, 1.165) is 10.9 Å². The Morgan fingerprint density at radius 1 is 0.828 bits per heavy atom. The first-order chi connectivity index (χ1) is 13.8. The molecule has 0 aliphatic rings. The van der Waals surface area contributed by atoms with E-state index in [0.29, 0.717) is 5.58 Å². The molecule has 29 heavy (non-hydrogen) atoms. The van der Waals surface area contributed by atoms with Crippen molar-refractivity contribution in [3.63, 3.8) is 0 Å². The molecule has 0 unspecified atom stereocenters. The number of halogens is 1. The molecule has 0 atom stereocenters. The van der Waals surface area contributed by atoms with Crippen LogP contribution in [0, 0.1) is 14.1 Å². The maximum Gasteiger partial charge on any atom is 0.358 e. The van der Waals surface area contributed by atoms with E-state index in [1.54, 1.807) is 18.2 Å². The van der Waals surface area contributed by atoms with Crippen LogP contribution in [-0.4, -0.2) is 13.0 Å². The molecule has 0 radical (unpaired) electrons. The third-order valence-electron chi connectivity index (χ3n) is 3.85. The Hall–Kier alpha value is -2.49. The van der Waals surface area contributed by atoms with Crippen LogP contribution in [0.4, 0.5) is 0 Å². The van der Waals surface area contributed by atoms with Crippen molar-refractivity contribution < 1.29 is 38.6 Å². The van der Waals surface area contributed by atoms with Crippen LogP contribution < -0.4 is 26.8 Å². The van der Waals surface area contributed by atoms with E-state index in [9.17, 15) is 17.8 Å². The third kappa shape index (κ3) is 6.25. The molecule has 5 nitrogen and oxygen atoms in total. The van der Waals surface area contributed by atoms with E-state index >= 15 is 0 Å². The summed E-state index contributed by atoms with van der Waals surface area (Å²) in [4.78, 5) is 11.0. The van der Waals surface area contributed by atoms with Crippen LogP contribution in [0.2, 0.25) is 0 Å². The van der Waals surface area contributed by atoms with E-state index in [1.807, 2.05) is 25.1 Å². The Morgan fingerprint density at radius 2 is 1.48 bits per heavy atom. The van der Waals surface area contributed by atoms with Gasteiger partial charge in [-0.2, -0.15) is 0 Å². The quantitative estimate of drug-likeness (QED) is 0.227. The minimum Gasteiger partial charge on any atom is -0.744 e. The topological polar surface area (TPSA) is 87.4 Å². The molecule has 7 heteroatoms. The average Bonchev–Trinajstić information content (AvgIpc) is 2.69. The first kappa shape index (κ1) is 21.2. The van der Waals surface area contributed by atoms with Crippen molar-refractivity contribution in [2.24, 2.45) is 0 Å². The molecule has 0 saturated heterocycles. The smallest absolute Gasteiger partial charge is 0.358 e. The van der Waals surface area contributed by atoms with Crippen LogP contribution in [0.25, 0.3) is 11.0 Å². The highest BCUT2D eigenvalue weighted by atomic mass is 127. The fraction of sp³-hybridized carbons (Fsp3) is 0.0455. The summed E-state index contributed by atoms with van der Waals surface area (Å²) in [7, 11) is -4.27. The van der Waals surface area contributed by atoms with Crippen molar-refractivity contribution in [1.29, 1.82) is 0 Å². The lowest BCUT2D eigenvalue weighted by molar-refractivity contribution is -0.597. The number of hydrogen-bond acceptors (Lipinski definition) is 5. The number of fused-ring (bicyclic) bond motifs is 1. The summed E-state index contributed by atoms with van der Waals surface area (Å²) in [6, 6.07) is 25.5. The summed E-state index contributed by atoms with van der Waals surface area (Å²) >= 11 is -0.218. The van der Waals surface area contributed by atoms with Gasteiger partial charge in [0.2, 0.25) is 0 Å². The van der Waals surface area contributed by atoms with E-state index in [2.05, 4.69) is 30.3 Å². The second-order valence-electron chi connectivity index (χ2n) is 6.09. The molecule has 0 fully saturated rings. The molecule has 148 valence electrons. The lowest BCUT2D eigenvalue weighted by atomic mass is 10.2. The van der Waals surface area contributed by atoms with Gasteiger partial charge >= 0.3 is 26.8 Å². The zero-order valence-electron chi connectivity index (χ0n) is 15.4. The summed E-state index contributed by atoms with van der Waals surface area (Å²) in [5, 5.41) is 0.968. The summed E-state index contributed by atoms with van der Waals surface area (Å²) in [5.74, 6) is 0. The molecule has 0 N–H and O–H groups in total. The molecule has 4 aromatic rings. The van der Waals surface area contributed by atoms with E-state index in [-0.39, 0.29) is 31.7 Å². The Bertz CT molecular complexity index is 1260. The molecular weight excluding hydrogens is 503 g/mol. The zero-order valence-corrected chi connectivity index (χ0v) is 18.4. The fourth-order valence-electron chi connectivity index (χ4n) is 2.40. The van der Waals surface area contributed by atoms with Gasteiger partial charge in [-0.15, -0.1) is 0 Å². The Labute approximate surface area is 179 Å². The van der Waals surface area contributed by atoms with Crippen LogP contribution in [0.5, 0.6) is 0 Å². The first-order valence-electron chi connectivity index (χ1n) is 8.58. The Balaban J connectivity index is 0.000000188. The minimum atomic E-state index is -4.27. The van der Waals surface area contributed by atoms with Gasteiger partial charge in [-0.05, 0) is 49.4 Å². The van der Waals surface area contributed by atoms with Gasteiger partial charge in [0.05, 0.1) is 4.90 Å². The molecule has 0 saturated carbocycles. The molecule has 0 bridgehead atoms. The maximum atomic E-state index is 11.2. The van der Waals surface area contributed by atoms with E-state index < -0.39 is 10.1 Å². The normalized spacial score (nSPS) is 11.0. The highest BCUT2D eigenvalue weighted by Gasteiger charge is 2.15. The van der Waals surface area contributed by atoms with Gasteiger partial charge in [-0.3, -0.25) is 0 Å². The van der Waals surface area contributed by atoms with Crippen LogP contribution in [-0.2, 0) is 10.1 Å². The second-order valence-corrected chi connectivity index (χ2v) is 10.5. The standard InChI is InChI=1S/C15H10IO2.C7H8O3S/c17-15-9-7-11-6-8-13(10-14(11)18-15)16-12-4-2-1-3-5-12;1-6-2-4-7(5-3-6)11(8,9)10/h1-10H;2-5H,1H3,(H,8,9,10)/q+1;/p-1. The van der Waals surface area contributed by atoms with Crippen molar-refractivity contribution in [2.45, 2.75) is 11.8 Å². The van der Waals surface area contributed by atoms with Gasteiger partial charge in [0.15, 0.2) is 7.14 Å². The molecule has 0 aliphatic carbocycles. The second kappa shape index (κ2) is 9.34. The zero-order chi connectivity index (χ0) is 20.9. The van der Waals surface area contributed by atoms with Gasteiger partial charge in [0.1, 0.15) is 15.7 Å². The Morgan fingerprint density at radius 3 is 2.14 bits per heavy atom. The van der Waals surface area contributed by atoms with E-state index in [1.165, 1.54) is 25.3 Å². The van der Waals surface area contributed by atoms with Crippen molar-refractivity contribution in [1.82, 2.24) is 0 Å². The predicted molar refractivity (Wildman–Crippen MR) is 105 cm³/mol. The lowest BCUT2D eigenvalue weighted by Gasteiger charge is -2.05. The number of rotatable bonds is 3. The molecule has 1 aromatic heterocycles. The fourth-order valence-corrected chi connectivity index (χ4v) is 5.16. The number of benzene rings is 3. The van der Waals surface area contributed by atoms with Crippen LogP contribution in [0.15, 0.2) is 99.0 Å². The molecule has 4 rings (SSSR count). The van der Waals surface area contributed by atoms with Gasteiger partial charge in [-0.25, -0.2) is 13.2 Å². The van der Waals surface area contributed by atoms with Gasteiger partial charge in [-0.1, -0.05) is 35.9 Å². The summed E-state index contributed by atoms with van der Waals surface area (Å²) in [5.41, 5.74) is 1.31. The summed E-state index contributed by atoms with van der Waals surface area (Å²) < 4.78 is 39.0. The molecule has 1 heterocycles. The van der Waals surface area contributed by atoms with Crippen molar-refractivity contribution >= 4 is 21.1 Å². The highest BCUT2D eigenvalue weighted by molar-refractivity contribution is 7.85. The van der Waals surface area contributed by atoms with E-state index in [4.69, 9.17) is 4.42 Å². The van der Waals surface area contributed by atoms with Crippen LogP contribution in [0.3, 0.4) is 0 Å². The highest BCUT2D eigenvalue weighted by Crippen LogP contribution is 2.10. The monoisotopic (exact) mass is 520 g/mol. The molecule has 0 aliphatic heterocycles. The molecule has 3 aromatic carbocycles. The van der Waals surface area contributed by atoms with Gasteiger partial charge in [0, 0.05) is 17.5 Å². The van der Waals surface area contributed by atoms with Crippen molar-refractivity contribution in [3.8, 4) is 0 Å². The average molecular weight is 520 g/mol. The predicted octanol–water partition coefficient (Wildman–Crippen LogP) is 0.821. The van der Waals surface area contributed by atoms with Gasteiger partial charge < -0.3 is 8.97 Å². The Kier molecular flexibility index (Phi) is 6.83. The maximum absolute atomic E-state index is 11.2. The van der Waals surface area contributed by atoms with Crippen LogP contribution >= 0.6 is 0 Å². The summed E-state index contributed by atoms with van der Waals surface area (Å²) in [6.45, 7) is 1.82. The van der Waals surface area contributed by atoms with Crippen molar-refractivity contribution in [2.75, 3.05) is 0 Å². The molecule has 0 spiro atoms. The first-order valence-corrected chi connectivity index (χ1v) is 12.1. The van der Waals surface area contributed by atoms with Crippen LogP contribution in [0.1, 0.15) is 5.56 Å². The number of hydrogen-bond donors (Lipinski definition) is 0. The SMILES string of the molecule is Cc1ccc(S(=O)(=O)[O-])cc1.O=c1ccc2ccc([I+]c3ccccc3)cc2o1. The summed E-state index contributed by atoms with van der Waals surface area (Å²) in [6.07, 6.45) is 0. The largest absolute Gasteiger partial charge is 0.744 e. The number of aryl methyl sites for hydroxylation is 1. The van der Waals surface area contributed by atoms with Gasteiger partial charge in [0.25, 0.3) is 0 Å². The van der Waals surface area contributed by atoms with Crippen molar-refractivity contribution in [3.05, 3.63) is 108 Å². The molecular formula is C22H17IO5S. The lowest BCUT2D eigenvalue weighted by Crippen LogP contribution is -3.61. The minimum absolute atomic E-state index is 0.178. The third-order valence-corrected chi connectivity index (χ3v) is 7.33.